The summed E-state index contributed by atoms with van der Waals surface area (Å²) >= 11 is 12.5. The Morgan fingerprint density at radius 2 is 1.84 bits per heavy atom. The van der Waals surface area contributed by atoms with E-state index < -0.39 is 0 Å². The molecule has 0 unspecified atom stereocenters. The van der Waals surface area contributed by atoms with Gasteiger partial charge in [0.2, 0.25) is 5.91 Å². The van der Waals surface area contributed by atoms with Gasteiger partial charge in [-0.15, -0.1) is 0 Å². The molecule has 1 fully saturated rings. The Balaban J connectivity index is 1.16. The number of nitrogens with zero attached hydrogens (tertiary/aromatic N) is 2. The third-order valence-corrected chi connectivity index (χ3v) is 6.80. The number of rotatable bonds is 7. The van der Waals surface area contributed by atoms with Gasteiger partial charge >= 0.3 is 0 Å². The van der Waals surface area contributed by atoms with E-state index in [1.807, 2.05) is 30.3 Å². The average Bonchev–Trinajstić information content (AvgIpc) is 2.96. The molecular formula is C24H29Cl2N3O2. The molecule has 0 atom stereocenters. The van der Waals surface area contributed by atoms with Crippen LogP contribution in [0.1, 0.15) is 31.2 Å². The summed E-state index contributed by atoms with van der Waals surface area (Å²) in [7, 11) is 0. The van der Waals surface area contributed by atoms with E-state index in [2.05, 4.69) is 21.2 Å². The van der Waals surface area contributed by atoms with E-state index >= 15 is 0 Å². The zero-order valence-corrected chi connectivity index (χ0v) is 19.2. The van der Waals surface area contributed by atoms with Crippen molar-refractivity contribution >= 4 is 40.5 Å². The first kappa shape index (κ1) is 22.3. The van der Waals surface area contributed by atoms with Gasteiger partial charge in [0, 0.05) is 44.4 Å². The van der Waals surface area contributed by atoms with Crippen LogP contribution in [0.5, 0.6) is 5.75 Å². The molecule has 7 heteroatoms. The second-order valence-electron chi connectivity index (χ2n) is 8.18. The molecule has 2 aromatic rings. The first-order valence-corrected chi connectivity index (χ1v) is 11.8. The molecular weight excluding hydrogens is 433 g/mol. The molecule has 0 saturated carbocycles. The molecule has 0 aliphatic carbocycles. The summed E-state index contributed by atoms with van der Waals surface area (Å²) in [5, 5.41) is 4.24. The number of piperazine rings is 1. The zero-order valence-electron chi connectivity index (χ0n) is 17.7. The number of nitrogens with one attached hydrogen (secondary N) is 1. The Bertz CT molecular complexity index is 914. The molecule has 31 heavy (non-hydrogen) atoms. The number of unbranched alkanes of at least 4 members (excludes halogenated alkanes) is 1. The van der Waals surface area contributed by atoms with E-state index in [0.717, 1.165) is 75.5 Å². The number of aryl methyl sites for hydroxylation is 1. The molecule has 2 aliphatic heterocycles. The van der Waals surface area contributed by atoms with Crippen LogP contribution >= 0.6 is 23.2 Å². The van der Waals surface area contributed by atoms with Crippen LogP contribution < -0.4 is 15.0 Å². The van der Waals surface area contributed by atoms with E-state index in [1.165, 1.54) is 5.56 Å². The number of hydrogen-bond donors (Lipinski definition) is 1. The number of carbonyl (C=O) groups excluding carboxylic acids is 1. The molecule has 166 valence electrons. The van der Waals surface area contributed by atoms with E-state index in [-0.39, 0.29) is 5.91 Å². The molecule has 0 spiro atoms. The summed E-state index contributed by atoms with van der Waals surface area (Å²) in [6.45, 7) is 5.71. The largest absolute Gasteiger partial charge is 0.494 e. The molecule has 5 nitrogen and oxygen atoms in total. The van der Waals surface area contributed by atoms with E-state index in [9.17, 15) is 4.79 Å². The molecule has 0 radical (unpaired) electrons. The Kier molecular flexibility index (Phi) is 7.59. The smallest absolute Gasteiger partial charge is 0.224 e. The van der Waals surface area contributed by atoms with Gasteiger partial charge in [0.25, 0.3) is 0 Å². The molecule has 0 bridgehead atoms. The van der Waals surface area contributed by atoms with Crippen molar-refractivity contribution in [3.8, 4) is 5.75 Å². The summed E-state index contributed by atoms with van der Waals surface area (Å²) in [5.74, 6) is 0.918. The zero-order chi connectivity index (χ0) is 21.6. The van der Waals surface area contributed by atoms with Crippen LogP contribution in [0, 0.1) is 0 Å². The molecule has 4 rings (SSSR count). The van der Waals surface area contributed by atoms with Gasteiger partial charge in [-0.2, -0.15) is 0 Å². The summed E-state index contributed by atoms with van der Waals surface area (Å²) in [6.07, 6.45) is 4.53. The maximum absolute atomic E-state index is 11.8. The van der Waals surface area contributed by atoms with Gasteiger partial charge in [0.15, 0.2) is 0 Å². The third kappa shape index (κ3) is 5.85. The van der Waals surface area contributed by atoms with Gasteiger partial charge in [-0.25, -0.2) is 0 Å². The van der Waals surface area contributed by atoms with Crippen molar-refractivity contribution in [1.82, 2.24) is 4.90 Å². The van der Waals surface area contributed by atoms with Gasteiger partial charge in [-0.05, 0) is 56.0 Å². The maximum Gasteiger partial charge on any atom is 0.224 e. The number of halogens is 2. The number of benzene rings is 2. The van der Waals surface area contributed by atoms with Crippen molar-refractivity contribution in [2.75, 3.05) is 49.5 Å². The molecule has 1 saturated heterocycles. The molecule has 2 aliphatic rings. The van der Waals surface area contributed by atoms with E-state index in [1.54, 1.807) is 0 Å². The van der Waals surface area contributed by atoms with Crippen LogP contribution in [0.15, 0.2) is 36.4 Å². The summed E-state index contributed by atoms with van der Waals surface area (Å²) in [4.78, 5) is 16.6. The highest BCUT2D eigenvalue weighted by Gasteiger charge is 2.19. The minimum atomic E-state index is 0.0913. The average molecular weight is 462 g/mol. The Hall–Kier alpha value is -1.95. The molecule has 2 heterocycles. The Labute approximate surface area is 194 Å². The van der Waals surface area contributed by atoms with Crippen molar-refractivity contribution in [1.29, 1.82) is 0 Å². The minimum absolute atomic E-state index is 0.0913. The highest BCUT2D eigenvalue weighted by molar-refractivity contribution is 6.43. The van der Waals surface area contributed by atoms with Gasteiger partial charge in [-0.3, -0.25) is 9.69 Å². The number of fused-ring (bicyclic) bond motifs is 1. The maximum atomic E-state index is 11.8. The lowest BCUT2D eigenvalue weighted by Crippen LogP contribution is -2.46. The monoisotopic (exact) mass is 461 g/mol. The number of carbonyl (C=O) groups is 1. The highest BCUT2D eigenvalue weighted by Crippen LogP contribution is 2.33. The standard InChI is InChI=1S/C24H29Cl2N3O2/c25-20-6-4-7-22(24(20)26)29-14-12-28(13-15-29)11-1-2-16-31-19-10-9-18-5-3-8-23(30)27-21(18)17-19/h4,6-7,9-10,17H,1-3,5,8,11-16H2,(H,27,30). The summed E-state index contributed by atoms with van der Waals surface area (Å²) in [5.41, 5.74) is 3.12. The second-order valence-corrected chi connectivity index (χ2v) is 8.96. The fraction of sp³-hybridized carbons (Fsp3) is 0.458. The second kappa shape index (κ2) is 10.6. The highest BCUT2D eigenvalue weighted by atomic mass is 35.5. The van der Waals surface area contributed by atoms with Crippen LogP contribution in [0.3, 0.4) is 0 Å². The minimum Gasteiger partial charge on any atom is -0.494 e. The molecule has 2 aromatic carbocycles. The van der Waals surface area contributed by atoms with Crippen molar-refractivity contribution in [2.24, 2.45) is 0 Å². The van der Waals surface area contributed by atoms with Crippen molar-refractivity contribution < 1.29 is 9.53 Å². The first-order valence-electron chi connectivity index (χ1n) is 11.1. The van der Waals surface area contributed by atoms with Crippen LogP contribution in [0.25, 0.3) is 0 Å². The Morgan fingerprint density at radius 3 is 2.68 bits per heavy atom. The SMILES string of the molecule is O=C1CCCc2ccc(OCCCCN3CCN(c4cccc(Cl)c4Cl)CC3)cc2N1. The van der Waals surface area contributed by atoms with Crippen LogP contribution in [0.4, 0.5) is 11.4 Å². The summed E-state index contributed by atoms with van der Waals surface area (Å²) in [6, 6.07) is 11.9. The number of ether oxygens (including phenoxy) is 1. The van der Waals surface area contributed by atoms with Gasteiger partial charge in [0.1, 0.15) is 5.75 Å². The first-order chi connectivity index (χ1) is 15.1. The van der Waals surface area contributed by atoms with E-state index in [0.29, 0.717) is 23.1 Å². The molecule has 1 N–H and O–H groups in total. The molecule has 0 aromatic heterocycles. The normalized spacial score (nSPS) is 17.1. The molecule has 1 amide bonds. The number of amides is 1. The fourth-order valence-corrected chi connectivity index (χ4v) is 4.62. The Morgan fingerprint density at radius 1 is 1.00 bits per heavy atom. The van der Waals surface area contributed by atoms with E-state index in [4.69, 9.17) is 27.9 Å². The lowest BCUT2D eigenvalue weighted by molar-refractivity contribution is -0.116. The lowest BCUT2D eigenvalue weighted by atomic mass is 10.1. The number of hydrogen-bond acceptors (Lipinski definition) is 4. The topological polar surface area (TPSA) is 44.8 Å². The predicted molar refractivity (Wildman–Crippen MR) is 128 cm³/mol. The van der Waals surface area contributed by atoms with Crippen molar-refractivity contribution in [2.45, 2.75) is 32.1 Å². The predicted octanol–water partition coefficient (Wildman–Crippen LogP) is 5.25. The third-order valence-electron chi connectivity index (χ3n) is 5.99. The fourth-order valence-electron chi connectivity index (χ4n) is 4.21. The van der Waals surface area contributed by atoms with Crippen LogP contribution in [-0.4, -0.2) is 50.1 Å². The lowest BCUT2D eigenvalue weighted by Gasteiger charge is -2.36. The van der Waals surface area contributed by atoms with Gasteiger partial charge in [-0.1, -0.05) is 35.3 Å². The van der Waals surface area contributed by atoms with Crippen LogP contribution in [0.2, 0.25) is 10.0 Å². The van der Waals surface area contributed by atoms with Gasteiger partial charge in [0.05, 0.1) is 22.3 Å². The van der Waals surface area contributed by atoms with Gasteiger partial charge < -0.3 is 15.0 Å². The van der Waals surface area contributed by atoms with Crippen molar-refractivity contribution in [3.63, 3.8) is 0 Å². The quantitative estimate of drug-likeness (QED) is 0.571. The number of anilines is 2. The summed E-state index contributed by atoms with van der Waals surface area (Å²) < 4.78 is 5.93. The van der Waals surface area contributed by atoms with Crippen molar-refractivity contribution in [3.05, 3.63) is 52.0 Å². The van der Waals surface area contributed by atoms with Crippen LogP contribution in [-0.2, 0) is 11.2 Å².